The van der Waals surface area contributed by atoms with Gasteiger partial charge in [0.15, 0.2) is 5.82 Å². The minimum atomic E-state index is -0.140. The molecule has 9 heteroatoms. The Morgan fingerprint density at radius 3 is 2.76 bits per heavy atom. The first-order chi connectivity index (χ1) is 14.2. The maximum absolute atomic E-state index is 12.5. The van der Waals surface area contributed by atoms with Gasteiger partial charge in [0.05, 0.1) is 23.4 Å². The average Bonchev–Trinajstić information content (AvgIpc) is 3.47. The van der Waals surface area contributed by atoms with Crippen LogP contribution in [0, 0.1) is 6.92 Å². The first-order valence-electron chi connectivity index (χ1n) is 8.86. The maximum Gasteiger partial charge on any atom is 0.234 e. The van der Waals surface area contributed by atoms with Crippen molar-refractivity contribution in [1.82, 2.24) is 19.5 Å². The molecule has 0 aliphatic carbocycles. The number of nitrogens with one attached hydrogen (secondary N) is 1. The van der Waals surface area contributed by atoms with E-state index in [1.807, 2.05) is 76.5 Å². The average molecular weight is 426 g/mol. The van der Waals surface area contributed by atoms with Gasteiger partial charge in [-0.15, -0.1) is 21.5 Å². The second-order valence-electron chi connectivity index (χ2n) is 6.20. The molecular weight excluding hydrogens is 406 g/mol. The summed E-state index contributed by atoms with van der Waals surface area (Å²) in [5.41, 5.74) is 1.70. The van der Waals surface area contributed by atoms with Crippen molar-refractivity contribution in [2.24, 2.45) is 0 Å². The molecule has 0 aliphatic heterocycles. The zero-order chi connectivity index (χ0) is 20.2. The highest BCUT2D eigenvalue weighted by atomic mass is 32.2. The van der Waals surface area contributed by atoms with Crippen molar-refractivity contribution in [1.29, 1.82) is 0 Å². The minimum Gasteiger partial charge on any atom is -0.495 e. The molecule has 0 radical (unpaired) electrons. The van der Waals surface area contributed by atoms with Crippen molar-refractivity contribution in [2.75, 3.05) is 18.2 Å². The summed E-state index contributed by atoms with van der Waals surface area (Å²) >= 11 is 2.92. The number of hydrogen-bond donors (Lipinski definition) is 1. The number of aryl methyl sites for hydroxylation is 1. The normalized spacial score (nSPS) is 10.8. The van der Waals surface area contributed by atoms with Crippen LogP contribution in [0.15, 0.2) is 65.4 Å². The van der Waals surface area contributed by atoms with Gasteiger partial charge < -0.3 is 10.1 Å². The summed E-state index contributed by atoms with van der Waals surface area (Å²) in [6.07, 6.45) is 3.84. The molecule has 0 atom stereocenters. The minimum absolute atomic E-state index is 0.140. The van der Waals surface area contributed by atoms with Crippen molar-refractivity contribution >= 4 is 34.7 Å². The van der Waals surface area contributed by atoms with E-state index in [0.717, 1.165) is 16.3 Å². The topological polar surface area (TPSA) is 74.0 Å². The highest BCUT2D eigenvalue weighted by molar-refractivity contribution is 7.99. The summed E-state index contributed by atoms with van der Waals surface area (Å²) in [5.74, 6) is 1.42. The molecule has 0 aliphatic rings. The number of methoxy groups -OCH3 is 1. The van der Waals surface area contributed by atoms with Gasteiger partial charge in [-0.25, -0.2) is 4.68 Å². The van der Waals surface area contributed by atoms with Crippen LogP contribution in [0.3, 0.4) is 0 Å². The molecule has 3 aromatic heterocycles. The second-order valence-corrected chi connectivity index (χ2v) is 8.09. The zero-order valence-electron chi connectivity index (χ0n) is 15.9. The van der Waals surface area contributed by atoms with Crippen molar-refractivity contribution < 1.29 is 9.53 Å². The molecule has 4 aromatic rings. The first-order valence-corrected chi connectivity index (χ1v) is 10.7. The highest BCUT2D eigenvalue weighted by Crippen LogP contribution is 2.28. The number of hydrogen-bond acceptors (Lipinski definition) is 6. The van der Waals surface area contributed by atoms with Gasteiger partial charge in [-0.1, -0.05) is 23.9 Å². The van der Waals surface area contributed by atoms with Crippen LogP contribution in [-0.4, -0.2) is 38.3 Å². The van der Waals surface area contributed by atoms with Crippen LogP contribution in [0.2, 0.25) is 0 Å². The number of ether oxygens (including phenoxy) is 1. The van der Waals surface area contributed by atoms with Gasteiger partial charge in [0.25, 0.3) is 0 Å². The molecule has 7 nitrogen and oxygen atoms in total. The van der Waals surface area contributed by atoms with Crippen molar-refractivity contribution in [3.8, 4) is 16.5 Å². The van der Waals surface area contributed by atoms with Gasteiger partial charge >= 0.3 is 0 Å². The summed E-state index contributed by atoms with van der Waals surface area (Å²) in [4.78, 5) is 13.6. The van der Waals surface area contributed by atoms with Crippen molar-refractivity contribution in [3.63, 3.8) is 0 Å². The third-order valence-electron chi connectivity index (χ3n) is 4.13. The lowest BCUT2D eigenvalue weighted by Crippen LogP contribution is -2.16. The number of amides is 1. The molecule has 1 N–H and O–H groups in total. The van der Waals surface area contributed by atoms with Gasteiger partial charge in [-0.05, 0) is 48.2 Å². The van der Waals surface area contributed by atoms with Crippen LogP contribution in [0.5, 0.6) is 5.75 Å². The van der Waals surface area contributed by atoms with Crippen LogP contribution >= 0.6 is 23.1 Å². The number of carbonyl (C=O) groups is 1. The molecule has 148 valence electrons. The van der Waals surface area contributed by atoms with Gasteiger partial charge in [0, 0.05) is 12.4 Å². The van der Waals surface area contributed by atoms with Crippen LogP contribution in [0.25, 0.3) is 10.7 Å². The smallest absolute Gasteiger partial charge is 0.234 e. The van der Waals surface area contributed by atoms with E-state index in [0.29, 0.717) is 16.6 Å². The van der Waals surface area contributed by atoms with Gasteiger partial charge in [-0.2, -0.15) is 0 Å². The summed E-state index contributed by atoms with van der Waals surface area (Å²) < 4.78 is 9.13. The van der Waals surface area contributed by atoms with Crippen LogP contribution in [0.1, 0.15) is 5.56 Å². The first kappa shape index (κ1) is 19.3. The lowest BCUT2D eigenvalue weighted by Gasteiger charge is -2.12. The van der Waals surface area contributed by atoms with Gasteiger partial charge in [0.1, 0.15) is 5.75 Å². The zero-order valence-corrected chi connectivity index (χ0v) is 17.5. The number of aromatic nitrogens is 4. The Bertz CT molecular complexity index is 1100. The van der Waals surface area contributed by atoms with Gasteiger partial charge in [0.2, 0.25) is 11.1 Å². The van der Waals surface area contributed by atoms with E-state index >= 15 is 0 Å². The molecule has 0 unspecified atom stereocenters. The number of rotatable bonds is 7. The maximum atomic E-state index is 12.5. The molecule has 3 heterocycles. The van der Waals surface area contributed by atoms with Crippen molar-refractivity contribution in [2.45, 2.75) is 12.1 Å². The molecule has 0 spiro atoms. The lowest BCUT2D eigenvalue weighted by molar-refractivity contribution is -0.113. The molecule has 0 fully saturated rings. The largest absolute Gasteiger partial charge is 0.495 e. The Labute approximate surface area is 176 Å². The number of carbonyl (C=O) groups excluding carboxylic acids is 1. The van der Waals surface area contributed by atoms with Crippen molar-refractivity contribution in [3.05, 3.63) is 65.8 Å². The monoisotopic (exact) mass is 425 g/mol. The van der Waals surface area contributed by atoms with E-state index in [1.54, 1.807) is 18.4 Å². The number of thiophene rings is 1. The molecule has 0 bridgehead atoms. The van der Waals surface area contributed by atoms with E-state index in [4.69, 9.17) is 4.74 Å². The SMILES string of the molecule is COc1ccc(C)cc1NC(=O)CSc1nnc(-c2cccs2)n1-n1cccc1. The Morgan fingerprint density at radius 1 is 1.21 bits per heavy atom. The number of thioether (sulfide) groups is 1. The fourth-order valence-electron chi connectivity index (χ4n) is 2.82. The molecule has 1 amide bonds. The number of nitrogens with zero attached hydrogens (tertiary/aromatic N) is 4. The Kier molecular flexibility index (Phi) is 5.68. The quantitative estimate of drug-likeness (QED) is 0.450. The lowest BCUT2D eigenvalue weighted by atomic mass is 10.2. The Balaban J connectivity index is 1.53. The fraction of sp³-hybridized carbons (Fsp3) is 0.150. The predicted molar refractivity (Wildman–Crippen MR) is 116 cm³/mol. The number of benzene rings is 1. The standard InChI is InChI=1S/C20H19N5O2S2/c1-14-7-8-16(27-2)15(12-14)21-18(26)13-29-20-23-22-19(17-6-5-11-28-17)25(20)24-9-3-4-10-24/h3-12H,13H2,1-2H3,(H,21,26). The van der Waals surface area contributed by atoms with Crippen LogP contribution < -0.4 is 10.1 Å². The predicted octanol–water partition coefficient (Wildman–Crippen LogP) is 4.17. The molecule has 29 heavy (non-hydrogen) atoms. The van der Waals surface area contributed by atoms with Crippen LogP contribution in [-0.2, 0) is 4.79 Å². The number of anilines is 1. The highest BCUT2D eigenvalue weighted by Gasteiger charge is 2.18. The third-order valence-corrected chi connectivity index (χ3v) is 5.92. The molecule has 0 saturated carbocycles. The van der Waals surface area contributed by atoms with E-state index in [9.17, 15) is 4.79 Å². The Morgan fingerprint density at radius 2 is 2.03 bits per heavy atom. The van der Waals surface area contributed by atoms with E-state index in [1.165, 1.54) is 11.8 Å². The molecule has 0 saturated heterocycles. The summed E-state index contributed by atoms with van der Waals surface area (Å²) in [6, 6.07) is 13.5. The van der Waals surface area contributed by atoms with E-state index in [-0.39, 0.29) is 11.7 Å². The van der Waals surface area contributed by atoms with Gasteiger partial charge in [-0.3, -0.25) is 9.47 Å². The Hall–Kier alpha value is -3.04. The van der Waals surface area contributed by atoms with E-state index < -0.39 is 0 Å². The molecule has 4 rings (SSSR count). The summed E-state index contributed by atoms with van der Waals surface area (Å²) in [6.45, 7) is 1.97. The third kappa shape index (κ3) is 4.20. The van der Waals surface area contributed by atoms with E-state index in [2.05, 4.69) is 15.5 Å². The fourth-order valence-corrected chi connectivity index (χ4v) is 4.25. The van der Waals surface area contributed by atoms with Crippen LogP contribution in [0.4, 0.5) is 5.69 Å². The summed E-state index contributed by atoms with van der Waals surface area (Å²) in [5, 5.41) is 14.2. The molecular formula is C20H19N5O2S2. The summed E-state index contributed by atoms with van der Waals surface area (Å²) in [7, 11) is 1.58. The molecule has 1 aromatic carbocycles. The second kappa shape index (κ2) is 8.54.